The van der Waals surface area contributed by atoms with E-state index in [4.69, 9.17) is 4.99 Å². The van der Waals surface area contributed by atoms with E-state index in [2.05, 4.69) is 103 Å². The van der Waals surface area contributed by atoms with Crippen LogP contribution in [0.4, 0.5) is 0 Å². The first kappa shape index (κ1) is 16.6. The Balaban J connectivity index is 1.60. The van der Waals surface area contributed by atoms with Gasteiger partial charge < -0.3 is 5.32 Å². The Hall–Kier alpha value is -2.87. The number of hydrogen-bond donors (Lipinski definition) is 1. The van der Waals surface area contributed by atoms with Crippen LogP contribution in [0.25, 0.3) is 0 Å². The molecule has 2 nitrogen and oxygen atoms in total. The number of aliphatic imine (C=N–C) groups is 1. The topological polar surface area (TPSA) is 24.4 Å². The lowest BCUT2D eigenvalue weighted by atomic mass is 9.95. The molecule has 0 saturated carbocycles. The summed E-state index contributed by atoms with van der Waals surface area (Å²) >= 11 is 0. The van der Waals surface area contributed by atoms with E-state index in [9.17, 15) is 0 Å². The second-order valence-corrected chi connectivity index (χ2v) is 6.98. The van der Waals surface area contributed by atoms with Crippen LogP contribution in [0.2, 0.25) is 0 Å². The van der Waals surface area contributed by atoms with Crippen LogP contribution in [0.5, 0.6) is 0 Å². The van der Waals surface area contributed by atoms with Gasteiger partial charge in [-0.1, -0.05) is 97.9 Å². The number of rotatable bonds is 5. The molecule has 0 radical (unpaired) electrons. The predicted molar refractivity (Wildman–Crippen MR) is 108 cm³/mol. The van der Waals surface area contributed by atoms with E-state index >= 15 is 0 Å². The summed E-state index contributed by atoms with van der Waals surface area (Å²) in [6, 6.07) is 32.2. The van der Waals surface area contributed by atoms with E-state index in [1.807, 2.05) is 0 Å². The van der Waals surface area contributed by atoms with E-state index in [-0.39, 0.29) is 12.1 Å². The van der Waals surface area contributed by atoms with Gasteiger partial charge in [-0.2, -0.15) is 0 Å². The van der Waals surface area contributed by atoms with Gasteiger partial charge in [-0.25, -0.2) is 0 Å². The quantitative estimate of drug-likeness (QED) is 0.636. The molecule has 0 unspecified atom stereocenters. The highest BCUT2D eigenvalue weighted by Gasteiger charge is 2.31. The van der Waals surface area contributed by atoms with Crippen molar-refractivity contribution in [3.63, 3.8) is 0 Å². The van der Waals surface area contributed by atoms with Gasteiger partial charge in [-0.15, -0.1) is 0 Å². The minimum atomic E-state index is 0.122. The largest absolute Gasteiger partial charge is 0.364 e. The zero-order valence-electron chi connectivity index (χ0n) is 15.0. The second-order valence-electron chi connectivity index (χ2n) is 6.98. The van der Waals surface area contributed by atoms with Crippen molar-refractivity contribution in [2.75, 3.05) is 0 Å². The number of amidine groups is 1. The summed E-state index contributed by atoms with van der Waals surface area (Å²) in [6.45, 7) is 2.27. The lowest BCUT2D eigenvalue weighted by molar-refractivity contribution is 0.570. The van der Waals surface area contributed by atoms with Crippen molar-refractivity contribution in [1.29, 1.82) is 0 Å². The standard InChI is InChI=1S/C24H24N2/c1-18(19-11-5-2-6-12-19)17-22-25-23(20-13-7-3-8-14-20)24(26-22)21-15-9-4-10-16-21/h2-16,18,23-24H,17H2,1H3,(H,25,26)/t18-,23-,24+/m0/s1. The van der Waals surface area contributed by atoms with Crippen molar-refractivity contribution in [2.24, 2.45) is 4.99 Å². The van der Waals surface area contributed by atoms with Crippen LogP contribution in [0.1, 0.15) is 48.0 Å². The molecule has 0 bridgehead atoms. The summed E-state index contributed by atoms with van der Waals surface area (Å²) in [6.07, 6.45) is 0.927. The zero-order chi connectivity index (χ0) is 17.8. The highest BCUT2D eigenvalue weighted by Crippen LogP contribution is 2.37. The Labute approximate surface area is 155 Å². The van der Waals surface area contributed by atoms with Gasteiger partial charge in [0.1, 0.15) is 6.04 Å². The molecule has 130 valence electrons. The van der Waals surface area contributed by atoms with Crippen LogP contribution in [0, 0.1) is 0 Å². The molecule has 3 aromatic carbocycles. The molecule has 3 atom stereocenters. The van der Waals surface area contributed by atoms with Crippen LogP contribution in [0.15, 0.2) is 96.0 Å². The van der Waals surface area contributed by atoms with Gasteiger partial charge in [0.25, 0.3) is 0 Å². The Morgan fingerprint density at radius 2 is 1.31 bits per heavy atom. The lowest BCUT2D eigenvalue weighted by Crippen LogP contribution is -2.25. The molecule has 0 saturated heterocycles. The third-order valence-corrected chi connectivity index (χ3v) is 5.10. The van der Waals surface area contributed by atoms with E-state index < -0.39 is 0 Å². The molecule has 1 N–H and O–H groups in total. The summed E-state index contributed by atoms with van der Waals surface area (Å²) in [5.74, 6) is 1.54. The average Bonchev–Trinajstić information content (AvgIpc) is 3.14. The third-order valence-electron chi connectivity index (χ3n) is 5.10. The number of hydrogen-bond acceptors (Lipinski definition) is 2. The Bertz CT molecular complexity index is 856. The first-order chi connectivity index (χ1) is 12.8. The fourth-order valence-electron chi connectivity index (χ4n) is 3.68. The fourth-order valence-corrected chi connectivity index (χ4v) is 3.68. The molecule has 0 fully saturated rings. The normalized spacial score (nSPS) is 20.3. The maximum atomic E-state index is 5.09. The van der Waals surface area contributed by atoms with Crippen LogP contribution in [0.3, 0.4) is 0 Å². The molecule has 1 aliphatic heterocycles. The number of nitrogens with zero attached hydrogens (tertiary/aromatic N) is 1. The van der Waals surface area contributed by atoms with Gasteiger partial charge in [-0.05, 0) is 22.6 Å². The molecular weight excluding hydrogens is 316 g/mol. The SMILES string of the molecule is C[C@@H](CC1=N[C@@H](c2ccccc2)[C@@H](c2ccccc2)N1)c1ccccc1. The van der Waals surface area contributed by atoms with Crippen LogP contribution in [-0.4, -0.2) is 5.84 Å². The molecule has 1 heterocycles. The fraction of sp³-hybridized carbons (Fsp3) is 0.208. The minimum Gasteiger partial charge on any atom is -0.364 e. The highest BCUT2D eigenvalue weighted by atomic mass is 15.1. The number of nitrogens with one attached hydrogen (secondary N) is 1. The van der Waals surface area contributed by atoms with Crippen molar-refractivity contribution >= 4 is 5.84 Å². The summed E-state index contributed by atoms with van der Waals surface area (Å²) in [5, 5.41) is 3.71. The molecule has 1 aliphatic rings. The molecule has 0 amide bonds. The Morgan fingerprint density at radius 1 is 0.769 bits per heavy atom. The predicted octanol–water partition coefficient (Wildman–Crippen LogP) is 5.66. The van der Waals surface area contributed by atoms with E-state index in [1.165, 1.54) is 16.7 Å². The maximum Gasteiger partial charge on any atom is 0.101 e. The van der Waals surface area contributed by atoms with E-state index in [1.54, 1.807) is 0 Å². The summed E-state index contributed by atoms with van der Waals surface area (Å²) in [7, 11) is 0. The van der Waals surface area contributed by atoms with E-state index in [0.29, 0.717) is 5.92 Å². The minimum absolute atomic E-state index is 0.122. The zero-order valence-corrected chi connectivity index (χ0v) is 15.0. The van der Waals surface area contributed by atoms with Crippen LogP contribution < -0.4 is 5.32 Å². The number of benzene rings is 3. The summed E-state index contributed by atoms with van der Waals surface area (Å²) in [4.78, 5) is 5.09. The van der Waals surface area contributed by atoms with Crippen molar-refractivity contribution in [3.05, 3.63) is 108 Å². The lowest BCUT2D eigenvalue weighted by Gasteiger charge is -2.20. The van der Waals surface area contributed by atoms with Gasteiger partial charge in [-0.3, -0.25) is 4.99 Å². The Morgan fingerprint density at radius 3 is 1.92 bits per heavy atom. The molecule has 3 aromatic rings. The van der Waals surface area contributed by atoms with Crippen molar-refractivity contribution < 1.29 is 0 Å². The Kier molecular flexibility index (Phi) is 4.83. The van der Waals surface area contributed by atoms with Crippen LogP contribution >= 0.6 is 0 Å². The van der Waals surface area contributed by atoms with Crippen LogP contribution in [-0.2, 0) is 0 Å². The molecule has 2 heteroatoms. The molecule has 0 spiro atoms. The van der Waals surface area contributed by atoms with Gasteiger partial charge in [0.05, 0.1) is 11.9 Å². The van der Waals surface area contributed by atoms with Crippen molar-refractivity contribution in [1.82, 2.24) is 5.32 Å². The molecule has 0 aliphatic carbocycles. The molecule has 26 heavy (non-hydrogen) atoms. The van der Waals surface area contributed by atoms with Crippen molar-refractivity contribution in [2.45, 2.75) is 31.3 Å². The van der Waals surface area contributed by atoms with Gasteiger partial charge in [0.15, 0.2) is 0 Å². The van der Waals surface area contributed by atoms with Gasteiger partial charge >= 0.3 is 0 Å². The summed E-state index contributed by atoms with van der Waals surface area (Å²) in [5.41, 5.74) is 3.90. The van der Waals surface area contributed by atoms with Gasteiger partial charge in [0, 0.05) is 6.42 Å². The average molecular weight is 340 g/mol. The first-order valence-corrected chi connectivity index (χ1v) is 9.29. The maximum absolute atomic E-state index is 5.09. The van der Waals surface area contributed by atoms with E-state index in [0.717, 1.165) is 12.3 Å². The smallest absolute Gasteiger partial charge is 0.101 e. The molecule has 4 rings (SSSR count). The molecular formula is C24H24N2. The highest BCUT2D eigenvalue weighted by molar-refractivity contribution is 5.85. The monoisotopic (exact) mass is 340 g/mol. The van der Waals surface area contributed by atoms with Gasteiger partial charge in [0.2, 0.25) is 0 Å². The summed E-state index contributed by atoms with van der Waals surface area (Å²) < 4.78 is 0. The second kappa shape index (κ2) is 7.57. The third kappa shape index (κ3) is 3.55. The molecule has 0 aromatic heterocycles. The first-order valence-electron chi connectivity index (χ1n) is 9.29. The van der Waals surface area contributed by atoms with Crippen molar-refractivity contribution in [3.8, 4) is 0 Å².